The number of hydrogen-bond donors (Lipinski definition) is 2. The molecule has 36 heavy (non-hydrogen) atoms. The van der Waals surface area contributed by atoms with Crippen molar-refractivity contribution >= 4 is 17.7 Å². The van der Waals surface area contributed by atoms with Crippen LogP contribution in [0.4, 0.5) is 0 Å². The first-order chi connectivity index (χ1) is 16.4. The van der Waals surface area contributed by atoms with Gasteiger partial charge in [-0.15, -0.1) is 0 Å². The minimum absolute atomic E-state index is 0.00434. The van der Waals surface area contributed by atoms with Crippen molar-refractivity contribution in [2.24, 2.45) is 10.8 Å². The molecule has 0 aliphatic heterocycles. The maximum atomic E-state index is 13.0. The number of carboxylic acids is 1. The first-order valence-electron chi connectivity index (χ1n) is 13.8. The lowest BCUT2D eigenvalue weighted by atomic mass is 9.77. The predicted octanol–water partition coefficient (Wildman–Crippen LogP) is 5.76. The fourth-order valence-corrected chi connectivity index (χ4v) is 4.92. The quantitative estimate of drug-likeness (QED) is 0.115. The summed E-state index contributed by atoms with van der Waals surface area (Å²) in [7, 11) is 5.54. The van der Waals surface area contributed by atoms with Crippen molar-refractivity contribution in [3.8, 4) is 0 Å². The summed E-state index contributed by atoms with van der Waals surface area (Å²) in [5.41, 5.74) is -2.12. The molecule has 0 aromatic rings. The molecule has 0 heterocycles. The molecule has 7 nitrogen and oxygen atoms in total. The number of carbonyl (C=O) groups excluding carboxylic acids is 2. The Kier molecular flexibility index (Phi) is 15.1. The molecule has 1 atom stereocenters. The van der Waals surface area contributed by atoms with E-state index in [0.29, 0.717) is 17.5 Å². The van der Waals surface area contributed by atoms with Crippen LogP contribution in [0.25, 0.3) is 0 Å². The second kappa shape index (κ2) is 15.7. The molecule has 7 heteroatoms. The van der Waals surface area contributed by atoms with Crippen molar-refractivity contribution in [2.45, 2.75) is 124 Å². The molecule has 0 spiro atoms. The van der Waals surface area contributed by atoms with E-state index < -0.39 is 18.0 Å². The number of ether oxygens (including phenoxy) is 1. The van der Waals surface area contributed by atoms with Crippen molar-refractivity contribution in [2.75, 3.05) is 34.3 Å². The normalized spacial score (nSPS) is 14.4. The minimum atomic E-state index is -1.84. The van der Waals surface area contributed by atoms with Gasteiger partial charge < -0.3 is 19.4 Å². The molecule has 0 aromatic heterocycles. The number of hydrogen-bond acceptors (Lipinski definition) is 5. The van der Waals surface area contributed by atoms with Gasteiger partial charge in [0.15, 0.2) is 11.4 Å². The molecular weight excluding hydrogens is 458 g/mol. The predicted molar refractivity (Wildman–Crippen MR) is 145 cm³/mol. The van der Waals surface area contributed by atoms with Crippen LogP contribution < -0.4 is 0 Å². The van der Waals surface area contributed by atoms with Gasteiger partial charge in [0, 0.05) is 6.42 Å². The topological polar surface area (TPSA) is 101 Å². The lowest BCUT2D eigenvalue weighted by Crippen LogP contribution is -2.55. The van der Waals surface area contributed by atoms with Crippen LogP contribution in [0.3, 0.4) is 0 Å². The third kappa shape index (κ3) is 17.1. The summed E-state index contributed by atoms with van der Waals surface area (Å²) in [5, 5.41) is 20.2. The van der Waals surface area contributed by atoms with E-state index in [9.17, 15) is 24.6 Å². The van der Waals surface area contributed by atoms with E-state index in [0.717, 1.165) is 32.1 Å². The van der Waals surface area contributed by atoms with Crippen molar-refractivity contribution in [1.29, 1.82) is 0 Å². The third-order valence-electron chi connectivity index (χ3n) is 6.72. The highest BCUT2D eigenvalue weighted by molar-refractivity contribution is 5.91. The maximum Gasteiger partial charge on any atom is 0.306 e. The van der Waals surface area contributed by atoms with Gasteiger partial charge in [0.25, 0.3) is 0 Å². The van der Waals surface area contributed by atoms with E-state index in [1.807, 2.05) is 41.9 Å². The molecule has 0 saturated carbocycles. The summed E-state index contributed by atoms with van der Waals surface area (Å²) in [6.45, 7) is 10.7. The van der Waals surface area contributed by atoms with E-state index >= 15 is 0 Å². The second-order valence-electron chi connectivity index (χ2n) is 13.3. The Morgan fingerprint density at radius 2 is 1.14 bits per heavy atom. The van der Waals surface area contributed by atoms with Gasteiger partial charge in [-0.1, -0.05) is 79.1 Å². The summed E-state index contributed by atoms with van der Waals surface area (Å²) in [6.07, 6.45) is 11.3. The van der Waals surface area contributed by atoms with E-state index in [1.165, 1.54) is 32.1 Å². The lowest BCUT2D eigenvalue weighted by molar-refractivity contribution is -0.875. The second-order valence-corrected chi connectivity index (χ2v) is 13.3. The number of likely N-dealkylation sites (N-methyl/N-ethyl adjacent to an activating group) is 1. The van der Waals surface area contributed by atoms with E-state index in [1.54, 1.807) is 0 Å². The van der Waals surface area contributed by atoms with Crippen LogP contribution in [-0.4, -0.2) is 72.3 Å². The molecular formula is C29H56NO6+. The van der Waals surface area contributed by atoms with E-state index in [4.69, 9.17) is 4.74 Å². The van der Waals surface area contributed by atoms with Crippen molar-refractivity contribution in [3.63, 3.8) is 0 Å². The number of Topliss-reactive ketones (excluding diaryl/α,β-unsaturated/α-hetero) is 1. The molecule has 0 bridgehead atoms. The fraction of sp³-hybridized carbons (Fsp3) is 0.897. The molecule has 0 radical (unpaired) electrons. The zero-order valence-corrected chi connectivity index (χ0v) is 24.6. The molecule has 0 unspecified atom stereocenters. The summed E-state index contributed by atoms with van der Waals surface area (Å²) < 4.78 is 5.39. The van der Waals surface area contributed by atoms with Gasteiger partial charge in [0.05, 0.1) is 40.6 Å². The van der Waals surface area contributed by atoms with Crippen LogP contribution in [0.2, 0.25) is 0 Å². The summed E-state index contributed by atoms with van der Waals surface area (Å²) >= 11 is 0. The number of nitrogens with zero attached hydrogens (tertiary/aromatic N) is 1. The molecule has 2 N–H and O–H groups in total. The number of esters is 1. The summed E-state index contributed by atoms with van der Waals surface area (Å²) in [4.78, 5) is 35.9. The third-order valence-corrected chi connectivity index (χ3v) is 6.72. The zero-order valence-electron chi connectivity index (χ0n) is 24.6. The standard InChI is InChI=1S/C29H55NO6/c1-9-36-26(34)22-28(4,5)19-17-15-13-11-10-12-14-16-18-27(2,3)20-24(31)29(35,21-25(32)33)23-30(6,7)8/h35H,9-23H2,1-8H3/p+1/t29-/m1/s1. The lowest BCUT2D eigenvalue weighted by Gasteiger charge is -2.35. The van der Waals surface area contributed by atoms with Gasteiger partial charge in [-0.2, -0.15) is 0 Å². The number of aliphatic hydroxyl groups is 1. The summed E-state index contributed by atoms with van der Waals surface area (Å²) in [5.74, 6) is -1.62. The number of carboxylic acid groups (broad SMARTS) is 1. The number of quaternary nitrogens is 1. The summed E-state index contributed by atoms with van der Waals surface area (Å²) in [6, 6.07) is 0. The highest BCUT2D eigenvalue weighted by Gasteiger charge is 2.44. The average molecular weight is 515 g/mol. The largest absolute Gasteiger partial charge is 0.481 e. The number of ketones is 1. The van der Waals surface area contributed by atoms with Crippen LogP contribution in [-0.2, 0) is 19.1 Å². The Bertz CT molecular complexity index is 680. The maximum absolute atomic E-state index is 13.0. The smallest absolute Gasteiger partial charge is 0.306 e. The number of aliphatic carboxylic acids is 1. The fourth-order valence-electron chi connectivity index (χ4n) is 4.92. The zero-order chi connectivity index (χ0) is 28.0. The van der Waals surface area contributed by atoms with Crippen LogP contribution >= 0.6 is 0 Å². The number of rotatable bonds is 21. The molecule has 0 aliphatic carbocycles. The Labute approximate surface area is 220 Å². The molecule has 212 valence electrons. The van der Waals surface area contributed by atoms with Crippen LogP contribution in [0, 0.1) is 10.8 Å². The molecule has 0 aliphatic rings. The Hall–Kier alpha value is -1.47. The highest BCUT2D eigenvalue weighted by Crippen LogP contribution is 2.32. The SMILES string of the molecule is CCOC(=O)CC(C)(C)CCCCCCCCCCC(C)(C)CC(=O)[C@@](O)(CC(=O)O)C[N+](C)(C)C. The molecule has 0 fully saturated rings. The molecule has 0 saturated heterocycles. The van der Waals surface area contributed by atoms with Gasteiger partial charge in [0.1, 0.15) is 6.54 Å². The van der Waals surface area contributed by atoms with Crippen molar-refractivity contribution in [1.82, 2.24) is 0 Å². The highest BCUT2D eigenvalue weighted by atomic mass is 16.5. The van der Waals surface area contributed by atoms with Crippen LogP contribution in [0.1, 0.15) is 118 Å². The van der Waals surface area contributed by atoms with E-state index in [-0.39, 0.29) is 35.5 Å². The Morgan fingerprint density at radius 3 is 1.53 bits per heavy atom. The van der Waals surface area contributed by atoms with Crippen molar-refractivity contribution in [3.05, 3.63) is 0 Å². The van der Waals surface area contributed by atoms with Gasteiger partial charge in [-0.05, 0) is 30.6 Å². The van der Waals surface area contributed by atoms with Gasteiger partial charge >= 0.3 is 11.9 Å². The number of unbranched alkanes of at least 4 members (excludes halogenated alkanes) is 7. The molecule has 0 amide bonds. The number of carbonyl (C=O) groups is 3. The first-order valence-corrected chi connectivity index (χ1v) is 13.8. The van der Waals surface area contributed by atoms with Crippen LogP contribution in [0.5, 0.6) is 0 Å². The van der Waals surface area contributed by atoms with Gasteiger partial charge in [-0.25, -0.2) is 0 Å². The molecule has 0 aromatic carbocycles. The molecule has 0 rings (SSSR count). The first kappa shape index (κ1) is 34.5. The average Bonchev–Trinajstić information content (AvgIpc) is 2.66. The van der Waals surface area contributed by atoms with Gasteiger partial charge in [0.2, 0.25) is 0 Å². The van der Waals surface area contributed by atoms with E-state index in [2.05, 4.69) is 13.8 Å². The minimum Gasteiger partial charge on any atom is -0.481 e. The van der Waals surface area contributed by atoms with Gasteiger partial charge in [-0.3, -0.25) is 14.4 Å². The Morgan fingerprint density at radius 1 is 0.722 bits per heavy atom. The Balaban J connectivity index is 4.20. The van der Waals surface area contributed by atoms with Crippen LogP contribution in [0.15, 0.2) is 0 Å². The monoisotopic (exact) mass is 514 g/mol. The van der Waals surface area contributed by atoms with Crippen molar-refractivity contribution < 1.29 is 33.8 Å².